The molecule has 0 aliphatic carbocycles. The van der Waals surface area contributed by atoms with Gasteiger partial charge in [0.25, 0.3) is 0 Å². The van der Waals surface area contributed by atoms with E-state index in [0.29, 0.717) is 0 Å². The maximum absolute atomic E-state index is 12.9. The van der Waals surface area contributed by atoms with E-state index in [1.54, 1.807) is 0 Å². The molecule has 0 bridgehead atoms. The molecule has 72 valence electrons. The minimum atomic E-state index is -1.88. The average molecular weight is 182 g/mol. The van der Waals surface area contributed by atoms with E-state index in [2.05, 4.69) is 4.74 Å². The van der Waals surface area contributed by atoms with Crippen molar-refractivity contribution in [3.63, 3.8) is 0 Å². The van der Waals surface area contributed by atoms with Crippen molar-refractivity contribution in [1.29, 1.82) is 0 Å². The van der Waals surface area contributed by atoms with Crippen molar-refractivity contribution >= 4 is 0 Å². The number of ether oxygens (including phenoxy) is 1. The summed E-state index contributed by atoms with van der Waals surface area (Å²) in [7, 11) is 0. The zero-order chi connectivity index (χ0) is 9.30. The maximum atomic E-state index is 12.9. The predicted octanol–water partition coefficient (Wildman–Crippen LogP) is -2.24. The smallest absolute Gasteiger partial charge is 0.184 e. The fraction of sp³-hybridized carbons (Fsp3) is 1.00. The van der Waals surface area contributed by atoms with Gasteiger partial charge in [-0.05, 0) is 0 Å². The van der Waals surface area contributed by atoms with E-state index in [4.69, 9.17) is 20.4 Å². The van der Waals surface area contributed by atoms with Crippen LogP contribution in [-0.2, 0) is 4.74 Å². The zero-order valence-electron chi connectivity index (χ0n) is 6.17. The highest BCUT2D eigenvalue weighted by molar-refractivity contribution is 4.88. The van der Waals surface area contributed by atoms with Gasteiger partial charge >= 0.3 is 0 Å². The fourth-order valence-corrected chi connectivity index (χ4v) is 1.06. The van der Waals surface area contributed by atoms with Gasteiger partial charge in [-0.25, -0.2) is 4.39 Å². The molecular formula is C6H11FO5. The Hall–Kier alpha value is -0.270. The molecule has 1 aliphatic heterocycles. The molecule has 0 radical (unpaired) electrons. The first-order valence-electron chi connectivity index (χ1n) is 3.52. The first kappa shape index (κ1) is 9.82. The fourth-order valence-electron chi connectivity index (χ4n) is 1.06. The minimum absolute atomic E-state index is 0.651. The Morgan fingerprint density at radius 3 is 2.25 bits per heavy atom. The molecular weight excluding hydrogens is 171 g/mol. The number of halogens is 1. The van der Waals surface area contributed by atoms with Gasteiger partial charge < -0.3 is 25.2 Å². The minimum Gasteiger partial charge on any atom is -0.394 e. The second-order valence-electron chi connectivity index (χ2n) is 2.67. The highest BCUT2D eigenvalue weighted by Gasteiger charge is 2.43. The quantitative estimate of drug-likeness (QED) is 0.368. The Balaban J connectivity index is 2.63. The van der Waals surface area contributed by atoms with Gasteiger partial charge in [-0.3, -0.25) is 0 Å². The molecule has 0 saturated carbocycles. The van der Waals surface area contributed by atoms with Gasteiger partial charge in [-0.15, -0.1) is 0 Å². The summed E-state index contributed by atoms with van der Waals surface area (Å²) in [5, 5.41) is 35.2. The highest BCUT2D eigenvalue weighted by Crippen LogP contribution is 2.21. The highest BCUT2D eigenvalue weighted by atomic mass is 19.1. The van der Waals surface area contributed by atoms with E-state index in [1.807, 2.05) is 0 Å². The summed E-state index contributed by atoms with van der Waals surface area (Å²) in [5.41, 5.74) is 0. The molecule has 0 unspecified atom stereocenters. The van der Waals surface area contributed by atoms with Crippen LogP contribution in [0, 0.1) is 0 Å². The molecule has 0 amide bonds. The van der Waals surface area contributed by atoms with Crippen molar-refractivity contribution in [3.05, 3.63) is 0 Å². The molecule has 12 heavy (non-hydrogen) atoms. The van der Waals surface area contributed by atoms with Crippen molar-refractivity contribution in [3.8, 4) is 0 Å². The van der Waals surface area contributed by atoms with Gasteiger partial charge in [0.05, 0.1) is 6.61 Å². The first-order chi connectivity index (χ1) is 5.57. The molecule has 1 rings (SSSR count). The molecule has 6 heteroatoms. The molecule has 5 nitrogen and oxygen atoms in total. The van der Waals surface area contributed by atoms with Crippen LogP contribution >= 0.6 is 0 Å². The molecule has 1 heterocycles. The van der Waals surface area contributed by atoms with Gasteiger partial charge in [0.1, 0.15) is 18.3 Å². The number of aliphatic hydroxyl groups excluding tert-OH is 4. The SMILES string of the molecule is OC[C@H]1O[C@@H](O)[C@H](O)[C@@H](O)[C@H]1F. The Morgan fingerprint density at radius 2 is 1.75 bits per heavy atom. The average Bonchev–Trinajstić information content (AvgIpc) is 2.08. The van der Waals surface area contributed by atoms with Crippen LogP contribution in [-0.4, -0.2) is 57.8 Å². The van der Waals surface area contributed by atoms with E-state index in [-0.39, 0.29) is 0 Å². The van der Waals surface area contributed by atoms with Crippen molar-refractivity contribution in [2.45, 2.75) is 30.8 Å². The largest absolute Gasteiger partial charge is 0.394 e. The molecule has 0 spiro atoms. The van der Waals surface area contributed by atoms with Crippen molar-refractivity contribution in [2.24, 2.45) is 0 Å². The number of hydrogen-bond donors (Lipinski definition) is 4. The molecule has 5 atom stereocenters. The lowest BCUT2D eigenvalue weighted by Crippen LogP contribution is -2.56. The van der Waals surface area contributed by atoms with Crippen molar-refractivity contribution in [2.75, 3.05) is 6.61 Å². The molecule has 0 aromatic heterocycles. The number of hydrogen-bond acceptors (Lipinski definition) is 5. The second kappa shape index (κ2) is 3.63. The van der Waals surface area contributed by atoms with E-state index in [1.165, 1.54) is 0 Å². The maximum Gasteiger partial charge on any atom is 0.184 e. The van der Waals surface area contributed by atoms with Crippen LogP contribution in [0.15, 0.2) is 0 Å². The number of aliphatic hydroxyl groups is 4. The molecule has 0 aromatic carbocycles. The third-order valence-electron chi connectivity index (χ3n) is 1.82. The lowest BCUT2D eigenvalue weighted by atomic mass is 10.0. The monoisotopic (exact) mass is 182 g/mol. The lowest BCUT2D eigenvalue weighted by Gasteiger charge is -2.36. The second-order valence-corrected chi connectivity index (χ2v) is 2.67. The molecule has 1 aliphatic rings. The Kier molecular flexibility index (Phi) is 2.97. The van der Waals surface area contributed by atoms with Gasteiger partial charge in [-0.1, -0.05) is 0 Å². The molecule has 0 aromatic rings. The molecule has 1 saturated heterocycles. The number of alkyl halides is 1. The Labute approximate surface area is 68.0 Å². The predicted molar refractivity (Wildman–Crippen MR) is 34.9 cm³/mol. The summed E-state index contributed by atoms with van der Waals surface area (Å²) in [6.07, 6.45) is -8.19. The summed E-state index contributed by atoms with van der Waals surface area (Å²) < 4.78 is 17.3. The van der Waals surface area contributed by atoms with Gasteiger partial charge in [0.2, 0.25) is 0 Å². The van der Waals surface area contributed by atoms with Crippen LogP contribution in [0.5, 0.6) is 0 Å². The standard InChI is InChI=1S/C6H11FO5/c7-3-2(1-8)12-6(11)5(10)4(3)9/h2-6,8-11H,1H2/t2-,3+,4+,5-,6-/m1/s1. The van der Waals surface area contributed by atoms with Crippen LogP contribution in [0.4, 0.5) is 4.39 Å². The van der Waals surface area contributed by atoms with Crippen LogP contribution in [0.1, 0.15) is 0 Å². The summed E-state index contributed by atoms with van der Waals surface area (Å²) in [6, 6.07) is 0. The van der Waals surface area contributed by atoms with Crippen LogP contribution in [0.3, 0.4) is 0 Å². The molecule has 1 fully saturated rings. The van der Waals surface area contributed by atoms with E-state index in [0.717, 1.165) is 0 Å². The lowest BCUT2D eigenvalue weighted by molar-refractivity contribution is -0.274. The Bertz CT molecular complexity index is 150. The normalized spacial score (nSPS) is 49.2. The van der Waals surface area contributed by atoms with Crippen molar-refractivity contribution < 1.29 is 29.6 Å². The topological polar surface area (TPSA) is 90.2 Å². The van der Waals surface area contributed by atoms with Gasteiger partial charge in [0, 0.05) is 0 Å². The molecule has 4 N–H and O–H groups in total. The van der Waals surface area contributed by atoms with Gasteiger partial charge in [0.15, 0.2) is 12.5 Å². The third kappa shape index (κ3) is 1.57. The Morgan fingerprint density at radius 1 is 1.17 bits per heavy atom. The van der Waals surface area contributed by atoms with E-state index in [9.17, 15) is 4.39 Å². The third-order valence-corrected chi connectivity index (χ3v) is 1.82. The van der Waals surface area contributed by atoms with Crippen LogP contribution in [0.2, 0.25) is 0 Å². The van der Waals surface area contributed by atoms with Crippen molar-refractivity contribution in [1.82, 2.24) is 0 Å². The summed E-state index contributed by atoms with van der Waals surface area (Å²) in [5.74, 6) is 0. The van der Waals surface area contributed by atoms with Crippen LogP contribution < -0.4 is 0 Å². The zero-order valence-corrected chi connectivity index (χ0v) is 6.17. The van der Waals surface area contributed by atoms with Crippen LogP contribution in [0.25, 0.3) is 0 Å². The number of rotatable bonds is 1. The van der Waals surface area contributed by atoms with Gasteiger partial charge in [-0.2, -0.15) is 0 Å². The summed E-state index contributed by atoms with van der Waals surface area (Å²) in [6.45, 7) is -0.651. The van der Waals surface area contributed by atoms with E-state index >= 15 is 0 Å². The summed E-state index contributed by atoms with van der Waals surface area (Å²) >= 11 is 0. The summed E-state index contributed by atoms with van der Waals surface area (Å²) in [4.78, 5) is 0. The van der Waals surface area contributed by atoms with E-state index < -0.39 is 37.4 Å². The first-order valence-corrected chi connectivity index (χ1v) is 3.52.